The van der Waals surface area contributed by atoms with E-state index in [9.17, 15) is 0 Å². The van der Waals surface area contributed by atoms with E-state index in [0.29, 0.717) is 12.3 Å². The van der Waals surface area contributed by atoms with Crippen molar-refractivity contribution in [2.75, 3.05) is 0 Å². The van der Waals surface area contributed by atoms with Crippen LogP contribution < -0.4 is 5.73 Å². The average Bonchev–Trinajstić information content (AvgIpc) is 2.77. The molecule has 0 spiro atoms. The largest absolute Gasteiger partial charge is 0.339 e. The molecular formula is C15H27N3O. The molecule has 1 aromatic rings. The number of hydrogen-bond donors (Lipinski definition) is 1. The third-order valence-electron chi connectivity index (χ3n) is 4.05. The van der Waals surface area contributed by atoms with E-state index in [1.165, 1.54) is 44.9 Å². The molecule has 0 aliphatic heterocycles. The van der Waals surface area contributed by atoms with Crippen molar-refractivity contribution in [2.24, 2.45) is 5.73 Å². The van der Waals surface area contributed by atoms with Crippen LogP contribution in [-0.4, -0.2) is 16.2 Å². The summed E-state index contributed by atoms with van der Waals surface area (Å²) in [6.07, 6.45) is 11.9. The Morgan fingerprint density at radius 1 is 1.21 bits per heavy atom. The summed E-state index contributed by atoms with van der Waals surface area (Å²) < 4.78 is 5.37. The highest BCUT2D eigenvalue weighted by atomic mass is 16.5. The Hall–Kier alpha value is -0.900. The van der Waals surface area contributed by atoms with E-state index in [1.807, 2.05) is 0 Å². The van der Waals surface area contributed by atoms with Gasteiger partial charge >= 0.3 is 0 Å². The van der Waals surface area contributed by atoms with Crippen molar-refractivity contribution in [3.05, 3.63) is 11.7 Å². The highest BCUT2D eigenvalue weighted by molar-refractivity contribution is 4.97. The normalized spacial score (nSPS) is 19.9. The molecule has 0 aromatic carbocycles. The van der Waals surface area contributed by atoms with E-state index < -0.39 is 0 Å². The lowest BCUT2D eigenvalue weighted by atomic mass is 9.91. The lowest BCUT2D eigenvalue weighted by Crippen LogP contribution is -2.22. The van der Waals surface area contributed by atoms with Crippen LogP contribution in [0.5, 0.6) is 0 Å². The topological polar surface area (TPSA) is 64.9 Å². The van der Waals surface area contributed by atoms with Gasteiger partial charge in [0.2, 0.25) is 5.89 Å². The molecule has 1 aliphatic carbocycles. The van der Waals surface area contributed by atoms with Crippen LogP contribution in [0.2, 0.25) is 0 Å². The van der Waals surface area contributed by atoms with E-state index in [-0.39, 0.29) is 6.04 Å². The van der Waals surface area contributed by atoms with Crippen molar-refractivity contribution in [1.82, 2.24) is 10.1 Å². The molecule has 1 aliphatic rings. The fourth-order valence-electron chi connectivity index (χ4n) is 2.93. The molecule has 0 saturated heterocycles. The highest BCUT2D eigenvalue weighted by Crippen LogP contribution is 2.29. The van der Waals surface area contributed by atoms with E-state index in [1.54, 1.807) is 0 Å². The Balaban J connectivity index is 1.91. The summed E-state index contributed by atoms with van der Waals surface area (Å²) in [6.45, 7) is 2.15. The molecule has 1 atom stereocenters. The molecule has 0 radical (unpaired) electrons. The van der Waals surface area contributed by atoms with Crippen molar-refractivity contribution in [3.63, 3.8) is 0 Å². The Bertz CT molecular complexity index is 356. The van der Waals surface area contributed by atoms with Gasteiger partial charge < -0.3 is 10.3 Å². The van der Waals surface area contributed by atoms with Crippen LogP contribution in [0.1, 0.15) is 82.3 Å². The van der Waals surface area contributed by atoms with Crippen molar-refractivity contribution in [1.29, 1.82) is 0 Å². The first-order valence-corrected chi connectivity index (χ1v) is 7.87. The molecule has 19 heavy (non-hydrogen) atoms. The van der Waals surface area contributed by atoms with Crippen LogP contribution in [0.3, 0.4) is 0 Å². The van der Waals surface area contributed by atoms with E-state index >= 15 is 0 Å². The minimum absolute atomic E-state index is 0.149. The molecule has 1 fully saturated rings. The maximum Gasteiger partial charge on any atom is 0.228 e. The van der Waals surface area contributed by atoms with Crippen LogP contribution in [-0.2, 0) is 6.42 Å². The molecular weight excluding hydrogens is 238 g/mol. The van der Waals surface area contributed by atoms with Gasteiger partial charge in [0.25, 0.3) is 0 Å². The van der Waals surface area contributed by atoms with Gasteiger partial charge in [-0.2, -0.15) is 4.98 Å². The van der Waals surface area contributed by atoms with Gasteiger partial charge in [0, 0.05) is 18.4 Å². The number of rotatable bonds is 5. The Kier molecular flexibility index (Phi) is 5.83. The highest BCUT2D eigenvalue weighted by Gasteiger charge is 2.20. The van der Waals surface area contributed by atoms with Gasteiger partial charge in [0.1, 0.15) is 0 Å². The van der Waals surface area contributed by atoms with Gasteiger partial charge in [-0.15, -0.1) is 0 Å². The summed E-state index contributed by atoms with van der Waals surface area (Å²) in [5, 5.41) is 4.18. The SMILES string of the molecule is CCCC(N)Cc1nc(C2CCCCCCC2)no1. The minimum atomic E-state index is 0.149. The molecule has 4 heteroatoms. The first-order chi connectivity index (χ1) is 9.29. The van der Waals surface area contributed by atoms with Crippen LogP contribution in [0, 0.1) is 0 Å². The van der Waals surface area contributed by atoms with E-state index in [4.69, 9.17) is 10.3 Å². The number of nitrogens with two attached hydrogens (primary N) is 1. The van der Waals surface area contributed by atoms with Crippen LogP contribution in [0.4, 0.5) is 0 Å². The summed E-state index contributed by atoms with van der Waals surface area (Å²) in [7, 11) is 0. The van der Waals surface area contributed by atoms with Crippen LogP contribution >= 0.6 is 0 Å². The zero-order valence-electron chi connectivity index (χ0n) is 12.1. The molecule has 2 rings (SSSR count). The first-order valence-electron chi connectivity index (χ1n) is 7.87. The second-order valence-corrected chi connectivity index (χ2v) is 5.84. The zero-order chi connectivity index (χ0) is 13.5. The van der Waals surface area contributed by atoms with Crippen molar-refractivity contribution in [3.8, 4) is 0 Å². The summed E-state index contributed by atoms with van der Waals surface area (Å²) in [5.74, 6) is 2.14. The predicted molar refractivity (Wildman–Crippen MR) is 75.9 cm³/mol. The second-order valence-electron chi connectivity index (χ2n) is 5.84. The van der Waals surface area contributed by atoms with Gasteiger partial charge in [-0.05, 0) is 19.3 Å². The Morgan fingerprint density at radius 3 is 2.58 bits per heavy atom. The van der Waals surface area contributed by atoms with Crippen molar-refractivity contribution in [2.45, 2.75) is 83.1 Å². The predicted octanol–water partition coefficient (Wildman–Crippen LogP) is 3.57. The molecule has 1 heterocycles. The van der Waals surface area contributed by atoms with Gasteiger partial charge in [0.05, 0.1) is 0 Å². The van der Waals surface area contributed by atoms with E-state index in [2.05, 4.69) is 17.1 Å². The third-order valence-corrected chi connectivity index (χ3v) is 4.05. The molecule has 1 saturated carbocycles. The fraction of sp³-hybridized carbons (Fsp3) is 0.867. The molecule has 1 unspecified atom stereocenters. The van der Waals surface area contributed by atoms with Gasteiger partial charge in [-0.1, -0.05) is 50.6 Å². The molecule has 108 valence electrons. The average molecular weight is 265 g/mol. The molecule has 1 aromatic heterocycles. The summed E-state index contributed by atoms with van der Waals surface area (Å²) >= 11 is 0. The maximum atomic E-state index is 6.02. The van der Waals surface area contributed by atoms with Crippen LogP contribution in [0.25, 0.3) is 0 Å². The minimum Gasteiger partial charge on any atom is -0.339 e. The molecule has 4 nitrogen and oxygen atoms in total. The number of nitrogens with zero attached hydrogens (tertiary/aromatic N) is 2. The smallest absolute Gasteiger partial charge is 0.228 e. The van der Waals surface area contributed by atoms with Gasteiger partial charge in [0.15, 0.2) is 5.82 Å². The van der Waals surface area contributed by atoms with Crippen molar-refractivity contribution < 1.29 is 4.52 Å². The van der Waals surface area contributed by atoms with Crippen molar-refractivity contribution >= 4 is 0 Å². The lowest BCUT2D eigenvalue weighted by Gasteiger charge is -2.15. The fourth-order valence-corrected chi connectivity index (χ4v) is 2.93. The Morgan fingerprint density at radius 2 is 1.89 bits per heavy atom. The third kappa shape index (κ3) is 4.60. The second kappa shape index (κ2) is 7.63. The standard InChI is InChI=1S/C15H27N3O/c1-2-8-13(16)11-14-17-15(18-19-14)12-9-6-4-3-5-7-10-12/h12-13H,2-11,16H2,1H3. The summed E-state index contributed by atoms with van der Waals surface area (Å²) in [4.78, 5) is 4.57. The van der Waals surface area contributed by atoms with Gasteiger partial charge in [-0.3, -0.25) is 0 Å². The molecule has 0 bridgehead atoms. The first kappa shape index (κ1) is 14.5. The lowest BCUT2D eigenvalue weighted by molar-refractivity contribution is 0.352. The maximum absolute atomic E-state index is 6.02. The zero-order valence-corrected chi connectivity index (χ0v) is 12.1. The summed E-state index contributed by atoms with van der Waals surface area (Å²) in [6, 6.07) is 0.149. The monoisotopic (exact) mass is 265 g/mol. The van der Waals surface area contributed by atoms with E-state index in [0.717, 1.165) is 24.6 Å². The Labute approximate surface area is 116 Å². The molecule has 0 amide bonds. The quantitative estimate of drug-likeness (QED) is 0.884. The number of hydrogen-bond acceptors (Lipinski definition) is 4. The summed E-state index contributed by atoms with van der Waals surface area (Å²) in [5.41, 5.74) is 6.02. The molecule has 2 N–H and O–H groups in total. The number of aromatic nitrogens is 2. The van der Waals surface area contributed by atoms with Gasteiger partial charge in [-0.25, -0.2) is 0 Å². The van der Waals surface area contributed by atoms with Crippen LogP contribution in [0.15, 0.2) is 4.52 Å².